The molecule has 62 heavy (non-hydrogen) atoms. The van der Waals surface area contributed by atoms with Crippen LogP contribution in [0.2, 0.25) is 0 Å². The van der Waals surface area contributed by atoms with Crippen molar-refractivity contribution in [2.45, 2.75) is 278 Å². The van der Waals surface area contributed by atoms with E-state index >= 15 is 0 Å². The number of hydrogen-bond donors (Lipinski definition) is 0. The van der Waals surface area contributed by atoms with Gasteiger partial charge in [0.05, 0.1) is 24.4 Å². The molecule has 10 saturated carbocycles. The summed E-state index contributed by atoms with van der Waals surface area (Å²) < 4.78 is 14.5. The molecule has 18 atom stereocenters. The predicted molar refractivity (Wildman–Crippen MR) is 256 cm³/mol. The lowest BCUT2D eigenvalue weighted by Gasteiger charge is -2.52. The van der Waals surface area contributed by atoms with Crippen molar-refractivity contribution in [3.8, 4) is 0 Å². The normalized spacial score (nSPS) is 54.3. The highest BCUT2D eigenvalue weighted by molar-refractivity contribution is 8.00. The highest BCUT2D eigenvalue weighted by Gasteiger charge is 2.61. The molecular formula is C58H93NO2S. The van der Waals surface area contributed by atoms with E-state index in [1.54, 1.807) is 122 Å². The second-order valence-corrected chi connectivity index (χ2v) is 27.7. The van der Waals surface area contributed by atoms with Gasteiger partial charge in [0.25, 0.3) is 0 Å². The minimum atomic E-state index is 0.521. The highest BCUT2D eigenvalue weighted by Crippen LogP contribution is 2.62. The summed E-state index contributed by atoms with van der Waals surface area (Å²) in [5, 5.41) is 1.95. The Morgan fingerprint density at radius 2 is 0.823 bits per heavy atom. The van der Waals surface area contributed by atoms with Gasteiger partial charge in [0, 0.05) is 34.5 Å². The fraction of sp³-hybridized carbons (Fsp3) is 1.00. The molecule has 13 aliphatic rings. The van der Waals surface area contributed by atoms with E-state index in [1.807, 2.05) is 0 Å². The molecular weight excluding hydrogens is 775 g/mol. The standard InChI is InChI=1S/C58H93NO2S/c1-2-10-36(11-3-1)37-20-25-41(26-21-37)59(42-27-22-39(23-28-42)45-16-8-13-38-12-4-5-14-44(38)45)43-29-33-55-51(35-43)50-34-40(24-32-54(50)62-55)46-17-9-18-47-48-30-31-53-56(58(48)61-57(46)47)49-15-6-7-19-52(49)60-53/h36-58H,1-35H2. The zero-order valence-electron chi connectivity index (χ0n) is 39.7. The van der Waals surface area contributed by atoms with E-state index in [0.29, 0.717) is 24.4 Å². The van der Waals surface area contributed by atoms with Crippen LogP contribution in [0.15, 0.2) is 0 Å². The third kappa shape index (κ3) is 7.74. The summed E-state index contributed by atoms with van der Waals surface area (Å²) in [7, 11) is 0. The van der Waals surface area contributed by atoms with E-state index in [-0.39, 0.29) is 0 Å². The van der Waals surface area contributed by atoms with Crippen molar-refractivity contribution >= 4 is 11.8 Å². The Morgan fingerprint density at radius 1 is 0.290 bits per heavy atom. The van der Waals surface area contributed by atoms with Gasteiger partial charge in [-0.3, -0.25) is 4.90 Å². The summed E-state index contributed by atoms with van der Waals surface area (Å²) in [6.07, 6.45) is 55.4. The molecule has 3 aliphatic heterocycles. The van der Waals surface area contributed by atoms with Gasteiger partial charge in [-0.05, 0) is 218 Å². The Hall–Kier alpha value is 0.230. The Kier molecular flexibility index (Phi) is 12.5. The number of hydrogen-bond acceptors (Lipinski definition) is 4. The molecule has 0 aromatic carbocycles. The van der Waals surface area contributed by atoms with E-state index in [4.69, 9.17) is 9.47 Å². The van der Waals surface area contributed by atoms with E-state index in [9.17, 15) is 0 Å². The van der Waals surface area contributed by atoms with Crippen LogP contribution < -0.4 is 0 Å². The molecule has 18 unspecified atom stereocenters. The zero-order chi connectivity index (χ0) is 40.7. The van der Waals surface area contributed by atoms with Crippen LogP contribution in [0.4, 0.5) is 0 Å². The molecule has 13 fully saturated rings. The minimum Gasteiger partial charge on any atom is -0.374 e. The first-order valence-corrected chi connectivity index (χ1v) is 30.4. The maximum atomic E-state index is 7.63. The molecule has 3 saturated heterocycles. The summed E-state index contributed by atoms with van der Waals surface area (Å²) >= 11 is 2.55. The highest BCUT2D eigenvalue weighted by atomic mass is 32.2. The molecule has 4 heteroatoms. The molecule has 0 amide bonds. The third-order valence-electron chi connectivity index (χ3n) is 23.9. The van der Waals surface area contributed by atoms with Gasteiger partial charge in [-0.15, -0.1) is 0 Å². The summed E-state index contributed by atoms with van der Waals surface area (Å²) in [5.74, 6) is 13.5. The molecule has 0 N–H and O–H groups in total. The van der Waals surface area contributed by atoms with Crippen LogP contribution in [0, 0.1) is 82.9 Å². The van der Waals surface area contributed by atoms with Crippen LogP contribution in [-0.2, 0) is 9.47 Å². The molecule has 0 radical (unpaired) electrons. The van der Waals surface area contributed by atoms with Crippen LogP contribution in [0.3, 0.4) is 0 Å². The Labute approximate surface area is 385 Å². The lowest BCUT2D eigenvalue weighted by Crippen LogP contribution is -2.54. The first-order valence-electron chi connectivity index (χ1n) is 29.5. The quantitative estimate of drug-likeness (QED) is 0.265. The fourth-order valence-electron chi connectivity index (χ4n) is 21.3. The molecule has 0 bridgehead atoms. The van der Waals surface area contributed by atoms with Crippen LogP contribution in [-0.4, -0.2) is 57.9 Å². The van der Waals surface area contributed by atoms with Gasteiger partial charge >= 0.3 is 0 Å². The van der Waals surface area contributed by atoms with Crippen molar-refractivity contribution in [1.82, 2.24) is 4.90 Å². The molecule has 3 nitrogen and oxygen atoms in total. The van der Waals surface area contributed by atoms with Crippen LogP contribution in [0.1, 0.15) is 225 Å². The van der Waals surface area contributed by atoms with Gasteiger partial charge in [-0.25, -0.2) is 0 Å². The number of thioether (sulfide) groups is 1. The second-order valence-electron chi connectivity index (χ2n) is 26.2. The lowest BCUT2D eigenvalue weighted by atomic mass is 9.59. The fourth-order valence-corrected chi connectivity index (χ4v) is 23.4. The summed E-state index contributed by atoms with van der Waals surface area (Å²) in [6.45, 7) is 0. The maximum Gasteiger partial charge on any atom is 0.0667 e. The molecule has 13 rings (SSSR count). The number of ether oxygens (including phenoxy) is 2. The van der Waals surface area contributed by atoms with Crippen molar-refractivity contribution < 1.29 is 9.47 Å². The first-order chi connectivity index (χ1) is 30.7. The monoisotopic (exact) mass is 868 g/mol. The average molecular weight is 868 g/mol. The Balaban J connectivity index is 0.702. The predicted octanol–water partition coefficient (Wildman–Crippen LogP) is 14.8. The van der Waals surface area contributed by atoms with E-state index < -0.39 is 0 Å². The van der Waals surface area contributed by atoms with Crippen molar-refractivity contribution in [3.63, 3.8) is 0 Å². The van der Waals surface area contributed by atoms with Gasteiger partial charge in [0.15, 0.2) is 0 Å². The van der Waals surface area contributed by atoms with Crippen LogP contribution in [0.25, 0.3) is 0 Å². The Bertz CT molecular complexity index is 1500. The number of rotatable bonds is 6. The largest absolute Gasteiger partial charge is 0.374 e. The van der Waals surface area contributed by atoms with Gasteiger partial charge in [0.1, 0.15) is 0 Å². The van der Waals surface area contributed by atoms with Crippen molar-refractivity contribution in [1.29, 1.82) is 0 Å². The van der Waals surface area contributed by atoms with Crippen LogP contribution in [0.5, 0.6) is 0 Å². The SMILES string of the molecule is C1CCC(C2CCC(N(C3CCC(C4CCCC5CCCCC54)CC3)C3CCC4SC5CCC(C6CCCC7C8CCC9OC%10CCCCC%10C9C8OC67)CC5C4C3)CC2)CC1. The number of nitrogens with zero attached hydrogens (tertiary/aromatic N) is 1. The van der Waals surface area contributed by atoms with Crippen LogP contribution >= 0.6 is 11.8 Å². The van der Waals surface area contributed by atoms with Gasteiger partial charge < -0.3 is 9.47 Å². The van der Waals surface area contributed by atoms with E-state index in [2.05, 4.69) is 16.7 Å². The molecule has 0 aromatic heterocycles. The van der Waals surface area contributed by atoms with Gasteiger partial charge in [0.2, 0.25) is 0 Å². The third-order valence-corrected chi connectivity index (χ3v) is 25.8. The topological polar surface area (TPSA) is 21.7 Å². The second kappa shape index (κ2) is 18.3. The molecule has 3 heterocycles. The molecule has 0 aromatic rings. The van der Waals surface area contributed by atoms with Gasteiger partial charge in [-0.2, -0.15) is 11.8 Å². The molecule has 348 valence electrons. The summed E-state index contributed by atoms with van der Waals surface area (Å²) in [6, 6.07) is 2.68. The summed E-state index contributed by atoms with van der Waals surface area (Å²) in [4.78, 5) is 3.42. The van der Waals surface area contributed by atoms with Crippen molar-refractivity contribution in [2.24, 2.45) is 82.9 Å². The first kappa shape index (κ1) is 42.3. The van der Waals surface area contributed by atoms with Crippen molar-refractivity contribution in [2.75, 3.05) is 0 Å². The van der Waals surface area contributed by atoms with E-state index in [0.717, 1.165) is 111 Å². The number of fused-ring (bicyclic) bond motifs is 11. The smallest absolute Gasteiger partial charge is 0.0667 e. The van der Waals surface area contributed by atoms with Crippen molar-refractivity contribution in [3.05, 3.63) is 0 Å². The van der Waals surface area contributed by atoms with Gasteiger partial charge in [-0.1, -0.05) is 83.5 Å². The average Bonchev–Trinajstić information content (AvgIpc) is 4.03. The lowest BCUT2D eigenvalue weighted by molar-refractivity contribution is -0.0872. The molecule has 0 spiro atoms. The molecule has 10 aliphatic carbocycles. The Morgan fingerprint density at radius 3 is 1.65 bits per heavy atom. The summed E-state index contributed by atoms with van der Waals surface area (Å²) in [5.41, 5.74) is 0. The maximum absolute atomic E-state index is 7.63. The zero-order valence-corrected chi connectivity index (χ0v) is 40.5. The minimum absolute atomic E-state index is 0.521. The van der Waals surface area contributed by atoms with E-state index in [1.165, 1.54) is 103 Å².